The van der Waals surface area contributed by atoms with Crippen LogP contribution in [0.25, 0.3) is 0 Å². The van der Waals surface area contributed by atoms with Crippen LogP contribution in [-0.2, 0) is 9.53 Å². The summed E-state index contributed by atoms with van der Waals surface area (Å²) >= 11 is 0. The van der Waals surface area contributed by atoms with Gasteiger partial charge in [0, 0.05) is 25.0 Å². The highest BCUT2D eigenvalue weighted by Crippen LogP contribution is 2.22. The summed E-state index contributed by atoms with van der Waals surface area (Å²) in [4.78, 5) is 18.3. The first-order valence-electron chi connectivity index (χ1n) is 8.41. The van der Waals surface area contributed by atoms with E-state index in [-0.39, 0.29) is 30.4 Å². The number of rotatable bonds is 5. The fourth-order valence-electron chi connectivity index (χ4n) is 2.88. The molecule has 1 saturated heterocycles. The Morgan fingerprint density at radius 2 is 2.04 bits per heavy atom. The van der Waals surface area contributed by atoms with Crippen molar-refractivity contribution in [2.75, 3.05) is 26.2 Å². The standard InChI is InChI=1S/C19H22FN3O2/c1-14(15-6-8-21-9-7-15)22-12-19(24)23-10-11-25-18(13-23)16-2-4-17(20)5-3-16/h2-9,14,18,22H,10-13H2,1H3/t14-,18+/m1/s1. The summed E-state index contributed by atoms with van der Waals surface area (Å²) in [5.41, 5.74) is 1.98. The van der Waals surface area contributed by atoms with Crippen molar-refractivity contribution in [1.29, 1.82) is 0 Å². The number of nitrogens with zero attached hydrogens (tertiary/aromatic N) is 2. The molecule has 0 unspecified atom stereocenters. The fourth-order valence-corrected chi connectivity index (χ4v) is 2.88. The van der Waals surface area contributed by atoms with E-state index in [1.54, 1.807) is 29.4 Å². The SMILES string of the molecule is C[C@@H](NCC(=O)N1CCO[C@H](c2ccc(F)cc2)C1)c1ccncc1. The summed E-state index contributed by atoms with van der Waals surface area (Å²) < 4.78 is 18.8. The first-order chi connectivity index (χ1) is 12.1. The Morgan fingerprint density at radius 1 is 1.32 bits per heavy atom. The molecule has 5 nitrogen and oxygen atoms in total. The van der Waals surface area contributed by atoms with E-state index in [1.165, 1.54) is 12.1 Å². The van der Waals surface area contributed by atoms with Gasteiger partial charge in [-0.25, -0.2) is 4.39 Å². The Morgan fingerprint density at radius 3 is 2.76 bits per heavy atom. The predicted molar refractivity (Wildman–Crippen MR) is 92.3 cm³/mol. The second-order valence-corrected chi connectivity index (χ2v) is 6.13. The van der Waals surface area contributed by atoms with Gasteiger partial charge in [0.15, 0.2) is 0 Å². The van der Waals surface area contributed by atoms with Crippen molar-refractivity contribution in [3.8, 4) is 0 Å². The van der Waals surface area contributed by atoms with E-state index in [0.717, 1.165) is 11.1 Å². The molecule has 1 N–H and O–H groups in total. The molecule has 0 radical (unpaired) electrons. The highest BCUT2D eigenvalue weighted by molar-refractivity contribution is 5.78. The molecule has 25 heavy (non-hydrogen) atoms. The van der Waals surface area contributed by atoms with Crippen molar-refractivity contribution < 1.29 is 13.9 Å². The number of hydrogen-bond donors (Lipinski definition) is 1. The monoisotopic (exact) mass is 343 g/mol. The number of morpholine rings is 1. The van der Waals surface area contributed by atoms with Crippen molar-refractivity contribution in [1.82, 2.24) is 15.2 Å². The molecule has 1 aromatic carbocycles. The van der Waals surface area contributed by atoms with Gasteiger partial charge in [-0.1, -0.05) is 12.1 Å². The van der Waals surface area contributed by atoms with Crippen molar-refractivity contribution >= 4 is 5.91 Å². The van der Waals surface area contributed by atoms with Crippen LogP contribution in [0.1, 0.15) is 30.2 Å². The Balaban J connectivity index is 1.54. The van der Waals surface area contributed by atoms with Crippen LogP contribution >= 0.6 is 0 Å². The third-order valence-corrected chi connectivity index (χ3v) is 4.43. The van der Waals surface area contributed by atoms with Crippen LogP contribution in [0, 0.1) is 5.82 Å². The Labute approximate surface area is 146 Å². The van der Waals surface area contributed by atoms with Gasteiger partial charge in [0.25, 0.3) is 0 Å². The quantitative estimate of drug-likeness (QED) is 0.906. The van der Waals surface area contributed by atoms with Crippen LogP contribution in [0.3, 0.4) is 0 Å². The lowest BCUT2D eigenvalue weighted by molar-refractivity contribution is -0.138. The second-order valence-electron chi connectivity index (χ2n) is 6.13. The molecule has 0 aliphatic carbocycles. The molecule has 132 valence electrons. The average molecular weight is 343 g/mol. The minimum atomic E-state index is -0.276. The van der Waals surface area contributed by atoms with Gasteiger partial charge in [0.05, 0.1) is 19.7 Å². The number of benzene rings is 1. The van der Waals surface area contributed by atoms with E-state index in [9.17, 15) is 9.18 Å². The van der Waals surface area contributed by atoms with Crippen LogP contribution in [0.5, 0.6) is 0 Å². The smallest absolute Gasteiger partial charge is 0.236 e. The van der Waals surface area contributed by atoms with Crippen molar-refractivity contribution in [3.05, 3.63) is 65.7 Å². The van der Waals surface area contributed by atoms with Crippen molar-refractivity contribution in [3.63, 3.8) is 0 Å². The number of ether oxygens (including phenoxy) is 1. The number of hydrogen-bond acceptors (Lipinski definition) is 4. The summed E-state index contributed by atoms with van der Waals surface area (Å²) in [7, 11) is 0. The average Bonchev–Trinajstić information content (AvgIpc) is 2.67. The second kappa shape index (κ2) is 8.18. The molecule has 3 rings (SSSR count). The summed E-state index contributed by atoms with van der Waals surface area (Å²) in [5.74, 6) is -0.238. The van der Waals surface area contributed by atoms with Gasteiger partial charge in [-0.15, -0.1) is 0 Å². The molecule has 1 aromatic heterocycles. The summed E-state index contributed by atoms with van der Waals surface area (Å²) in [6.45, 7) is 3.81. The van der Waals surface area contributed by atoms with Crippen LogP contribution < -0.4 is 5.32 Å². The number of pyridine rings is 1. The maximum absolute atomic E-state index is 13.1. The van der Waals surface area contributed by atoms with E-state index >= 15 is 0 Å². The summed E-state index contributed by atoms with van der Waals surface area (Å²) in [6, 6.07) is 10.2. The Kier molecular flexibility index (Phi) is 5.73. The first-order valence-corrected chi connectivity index (χ1v) is 8.41. The van der Waals surface area contributed by atoms with E-state index in [0.29, 0.717) is 19.7 Å². The molecule has 0 spiro atoms. The van der Waals surface area contributed by atoms with E-state index in [4.69, 9.17) is 4.74 Å². The molecule has 0 saturated carbocycles. The minimum absolute atomic E-state index is 0.0383. The molecule has 6 heteroatoms. The van der Waals surface area contributed by atoms with Gasteiger partial charge in [0.2, 0.25) is 5.91 Å². The first kappa shape index (κ1) is 17.5. The molecule has 1 fully saturated rings. The predicted octanol–water partition coefficient (Wildman–Crippen LogP) is 2.47. The molecule has 2 aromatic rings. The van der Waals surface area contributed by atoms with Gasteiger partial charge in [-0.3, -0.25) is 9.78 Å². The molecule has 2 heterocycles. The Bertz CT molecular complexity index is 694. The summed E-state index contributed by atoms with van der Waals surface area (Å²) in [5, 5.41) is 3.25. The van der Waals surface area contributed by atoms with Crippen LogP contribution in [0.2, 0.25) is 0 Å². The van der Waals surface area contributed by atoms with Crippen LogP contribution in [0.4, 0.5) is 4.39 Å². The maximum Gasteiger partial charge on any atom is 0.236 e. The van der Waals surface area contributed by atoms with E-state index < -0.39 is 0 Å². The highest BCUT2D eigenvalue weighted by atomic mass is 19.1. The Hall–Kier alpha value is -2.31. The number of aromatic nitrogens is 1. The van der Waals surface area contributed by atoms with Gasteiger partial charge in [-0.2, -0.15) is 0 Å². The third-order valence-electron chi connectivity index (χ3n) is 4.43. The molecule has 0 bridgehead atoms. The topological polar surface area (TPSA) is 54.5 Å². The zero-order chi connectivity index (χ0) is 17.6. The lowest BCUT2D eigenvalue weighted by atomic mass is 10.1. The summed E-state index contributed by atoms with van der Waals surface area (Å²) in [6.07, 6.45) is 3.27. The number of amides is 1. The third kappa shape index (κ3) is 4.61. The fraction of sp³-hybridized carbons (Fsp3) is 0.368. The van der Waals surface area contributed by atoms with Crippen LogP contribution in [-0.4, -0.2) is 42.0 Å². The molecule has 1 aliphatic rings. The van der Waals surface area contributed by atoms with Crippen molar-refractivity contribution in [2.45, 2.75) is 19.1 Å². The number of nitrogens with one attached hydrogen (secondary N) is 1. The molecule has 2 atom stereocenters. The molecule has 1 amide bonds. The zero-order valence-electron chi connectivity index (χ0n) is 14.2. The lowest BCUT2D eigenvalue weighted by Gasteiger charge is -2.33. The largest absolute Gasteiger partial charge is 0.370 e. The normalized spacial score (nSPS) is 18.8. The molecule has 1 aliphatic heterocycles. The number of halogens is 1. The van der Waals surface area contributed by atoms with E-state index in [1.807, 2.05) is 19.1 Å². The number of carbonyl (C=O) groups is 1. The maximum atomic E-state index is 13.1. The molecular formula is C19H22FN3O2. The lowest BCUT2D eigenvalue weighted by Crippen LogP contribution is -2.46. The van der Waals surface area contributed by atoms with Gasteiger partial charge in [-0.05, 0) is 42.3 Å². The van der Waals surface area contributed by atoms with Gasteiger partial charge < -0.3 is 15.0 Å². The minimum Gasteiger partial charge on any atom is -0.370 e. The van der Waals surface area contributed by atoms with E-state index in [2.05, 4.69) is 10.3 Å². The molecular weight excluding hydrogens is 321 g/mol. The number of carbonyl (C=O) groups excluding carboxylic acids is 1. The van der Waals surface area contributed by atoms with Crippen molar-refractivity contribution in [2.24, 2.45) is 0 Å². The zero-order valence-corrected chi connectivity index (χ0v) is 14.2. The highest BCUT2D eigenvalue weighted by Gasteiger charge is 2.25. The van der Waals surface area contributed by atoms with Gasteiger partial charge >= 0.3 is 0 Å². The van der Waals surface area contributed by atoms with Gasteiger partial charge in [0.1, 0.15) is 11.9 Å². The van der Waals surface area contributed by atoms with Crippen LogP contribution in [0.15, 0.2) is 48.8 Å².